The predicted octanol–water partition coefficient (Wildman–Crippen LogP) is 2.93. The first-order chi connectivity index (χ1) is 16.7. The summed E-state index contributed by atoms with van der Waals surface area (Å²) >= 11 is 5.92. The second-order valence-electron chi connectivity index (χ2n) is 8.70. The van der Waals surface area contributed by atoms with Crippen molar-refractivity contribution in [2.45, 2.75) is 37.9 Å². The first-order valence-electron chi connectivity index (χ1n) is 11.4. The number of nitrogens with one attached hydrogen (secondary N) is 1. The Morgan fingerprint density at radius 2 is 1.71 bits per heavy atom. The Hall–Kier alpha value is -3.59. The highest BCUT2D eigenvalue weighted by Gasteiger charge is 2.59. The molecular weight excluding hydrogens is 470 g/mol. The Labute approximate surface area is 208 Å². The van der Waals surface area contributed by atoms with E-state index in [9.17, 15) is 19.2 Å². The molecule has 2 aromatic rings. The fourth-order valence-electron chi connectivity index (χ4n) is 4.96. The van der Waals surface area contributed by atoms with E-state index in [2.05, 4.69) is 0 Å². The van der Waals surface area contributed by atoms with Gasteiger partial charge in [-0.15, -0.1) is 0 Å². The van der Waals surface area contributed by atoms with Gasteiger partial charge in [-0.3, -0.25) is 14.9 Å². The number of imide groups is 2. The van der Waals surface area contributed by atoms with Crippen LogP contribution in [0.4, 0.5) is 15.3 Å². The van der Waals surface area contributed by atoms with Crippen molar-refractivity contribution in [3.8, 4) is 0 Å². The van der Waals surface area contributed by atoms with Gasteiger partial charge in [0, 0.05) is 23.8 Å². The summed E-state index contributed by atoms with van der Waals surface area (Å²) in [5, 5.41) is 2.64. The molecule has 35 heavy (non-hydrogen) atoms. The van der Waals surface area contributed by atoms with Crippen LogP contribution < -0.4 is 16.0 Å². The lowest BCUT2D eigenvalue weighted by Gasteiger charge is -2.44. The summed E-state index contributed by atoms with van der Waals surface area (Å²) in [6, 6.07) is 14.8. The van der Waals surface area contributed by atoms with E-state index >= 15 is 0 Å². The lowest BCUT2D eigenvalue weighted by molar-refractivity contribution is -0.135. The van der Waals surface area contributed by atoms with Crippen molar-refractivity contribution >= 4 is 41.2 Å². The van der Waals surface area contributed by atoms with Gasteiger partial charge in [-0.2, -0.15) is 0 Å². The molecule has 0 aliphatic carbocycles. The van der Waals surface area contributed by atoms with Gasteiger partial charge in [-0.05, 0) is 56.0 Å². The van der Waals surface area contributed by atoms with E-state index in [1.165, 1.54) is 0 Å². The van der Waals surface area contributed by atoms with Crippen molar-refractivity contribution in [3.63, 3.8) is 0 Å². The van der Waals surface area contributed by atoms with E-state index in [1.807, 2.05) is 52.7 Å². The minimum Gasteiger partial charge on any atom is -0.351 e. The average molecular weight is 497 g/mol. The number of carbonyl (C=O) groups excluding carboxylic acids is 4. The maximum absolute atomic E-state index is 13.7. The number of nitrogens with zero attached hydrogens (tertiary/aromatic N) is 3. The molecule has 4 rings (SSSR count). The van der Waals surface area contributed by atoms with Crippen molar-refractivity contribution in [3.05, 3.63) is 71.6 Å². The minimum atomic E-state index is -1.03. The molecule has 6 amide bonds. The summed E-state index contributed by atoms with van der Waals surface area (Å²) in [5.41, 5.74) is 5.84. The highest BCUT2D eigenvalue weighted by molar-refractivity contribution is 6.30. The summed E-state index contributed by atoms with van der Waals surface area (Å²) in [7, 11) is 0. The molecule has 2 aliphatic heterocycles. The SMILES string of the molecule is C[C@H]1N(C(=O)NC(N)=O)C(=O)C2(CCN(C(=O)[CH]Cc3ccc(Cl)cc3)CC2)N1c1ccccc1. The van der Waals surface area contributed by atoms with Gasteiger partial charge >= 0.3 is 12.1 Å². The molecule has 9 nitrogen and oxygen atoms in total. The number of rotatable bonds is 4. The Morgan fingerprint density at radius 1 is 1.09 bits per heavy atom. The molecule has 0 unspecified atom stereocenters. The number of anilines is 1. The summed E-state index contributed by atoms with van der Waals surface area (Å²) in [6.07, 6.45) is 2.13. The Morgan fingerprint density at radius 3 is 2.31 bits per heavy atom. The number of amides is 6. The predicted molar refractivity (Wildman–Crippen MR) is 131 cm³/mol. The van der Waals surface area contributed by atoms with Crippen LogP contribution in [0.25, 0.3) is 0 Å². The zero-order chi connectivity index (χ0) is 25.2. The standard InChI is InChI=1S/C25H27ClN5O4/c1-17-30(24(35)28-23(27)34)22(33)25(31(17)20-5-3-2-4-6-20)13-15-29(16-14-25)21(32)12-9-18-7-10-19(26)11-8-18/h2-8,10-12,17H,9,13-16H2,1H3,(H3,27,28,34,35)/t17-/m0/s1. The molecule has 0 bridgehead atoms. The van der Waals surface area contributed by atoms with Crippen LogP contribution in [0.1, 0.15) is 25.3 Å². The van der Waals surface area contributed by atoms with Crippen LogP contribution in [0.3, 0.4) is 0 Å². The summed E-state index contributed by atoms with van der Waals surface area (Å²) < 4.78 is 0. The molecule has 1 spiro atoms. The van der Waals surface area contributed by atoms with Gasteiger partial charge in [-0.1, -0.05) is 41.9 Å². The molecule has 0 saturated carbocycles. The normalized spacial score (nSPS) is 19.2. The fraction of sp³-hybridized carbons (Fsp3) is 0.320. The van der Waals surface area contributed by atoms with Gasteiger partial charge in [0.1, 0.15) is 11.7 Å². The second-order valence-corrected chi connectivity index (χ2v) is 9.13. The molecule has 1 radical (unpaired) electrons. The van der Waals surface area contributed by atoms with Crippen molar-refractivity contribution in [1.29, 1.82) is 0 Å². The van der Waals surface area contributed by atoms with E-state index in [0.717, 1.165) is 16.2 Å². The third kappa shape index (κ3) is 4.81. The number of hydrogen-bond donors (Lipinski definition) is 2. The van der Waals surface area contributed by atoms with Crippen LogP contribution >= 0.6 is 11.6 Å². The number of primary amides is 1. The van der Waals surface area contributed by atoms with Crippen molar-refractivity contribution in [1.82, 2.24) is 15.1 Å². The maximum atomic E-state index is 13.7. The molecular formula is C25H27ClN5O4. The van der Waals surface area contributed by atoms with Gasteiger partial charge in [-0.25, -0.2) is 14.5 Å². The van der Waals surface area contributed by atoms with Gasteiger partial charge in [0.05, 0.1) is 6.42 Å². The highest BCUT2D eigenvalue weighted by Crippen LogP contribution is 2.42. The van der Waals surface area contributed by atoms with E-state index in [-0.39, 0.29) is 5.91 Å². The number of nitrogens with two attached hydrogens (primary N) is 1. The largest absolute Gasteiger partial charge is 0.351 e. The van der Waals surface area contributed by atoms with Crippen molar-refractivity contribution in [2.75, 3.05) is 18.0 Å². The molecule has 2 saturated heterocycles. The number of benzene rings is 2. The topological polar surface area (TPSA) is 116 Å². The monoisotopic (exact) mass is 496 g/mol. The Balaban J connectivity index is 1.51. The summed E-state index contributed by atoms with van der Waals surface area (Å²) in [4.78, 5) is 55.2. The summed E-state index contributed by atoms with van der Waals surface area (Å²) in [6.45, 7) is 2.43. The third-order valence-corrected chi connectivity index (χ3v) is 6.89. The molecule has 3 N–H and O–H groups in total. The number of likely N-dealkylation sites (tertiary alicyclic amines) is 1. The lowest BCUT2D eigenvalue weighted by atomic mass is 9.85. The Bertz CT molecular complexity index is 1120. The van der Waals surface area contributed by atoms with E-state index < -0.39 is 29.7 Å². The van der Waals surface area contributed by atoms with Gasteiger partial charge in [0.2, 0.25) is 5.91 Å². The molecule has 2 fully saturated rings. The van der Waals surface area contributed by atoms with Crippen LogP contribution in [0, 0.1) is 6.42 Å². The first kappa shape index (κ1) is 24.5. The Kier molecular flexibility index (Phi) is 6.98. The molecule has 2 heterocycles. The van der Waals surface area contributed by atoms with Gasteiger partial charge < -0.3 is 15.5 Å². The first-order valence-corrected chi connectivity index (χ1v) is 11.8. The molecule has 10 heteroatoms. The number of urea groups is 2. The quantitative estimate of drug-likeness (QED) is 0.675. The molecule has 0 aromatic heterocycles. The zero-order valence-corrected chi connectivity index (χ0v) is 20.1. The van der Waals surface area contributed by atoms with Gasteiger partial charge in [0.15, 0.2) is 0 Å². The summed E-state index contributed by atoms with van der Waals surface area (Å²) in [5.74, 6) is -0.521. The number of piperidine rings is 1. The van der Waals surface area contributed by atoms with Crippen LogP contribution in [0.5, 0.6) is 0 Å². The number of carbonyl (C=O) groups is 4. The molecule has 2 aromatic carbocycles. The number of halogens is 1. The second kappa shape index (κ2) is 9.95. The van der Waals surface area contributed by atoms with E-state index in [1.54, 1.807) is 30.4 Å². The molecule has 183 valence electrons. The maximum Gasteiger partial charge on any atom is 0.333 e. The van der Waals surface area contributed by atoms with E-state index in [4.69, 9.17) is 17.3 Å². The number of hydrogen-bond acceptors (Lipinski definition) is 5. The highest BCUT2D eigenvalue weighted by atomic mass is 35.5. The van der Waals surface area contributed by atoms with Crippen LogP contribution in [0.2, 0.25) is 5.02 Å². The third-order valence-electron chi connectivity index (χ3n) is 6.64. The minimum absolute atomic E-state index is 0.108. The lowest BCUT2D eigenvalue weighted by Crippen LogP contribution is -2.58. The van der Waals surface area contributed by atoms with Crippen LogP contribution in [-0.2, 0) is 16.0 Å². The van der Waals surface area contributed by atoms with Crippen LogP contribution in [-0.4, -0.2) is 58.5 Å². The smallest absolute Gasteiger partial charge is 0.333 e. The average Bonchev–Trinajstić information content (AvgIpc) is 3.04. The van der Waals surface area contributed by atoms with Gasteiger partial charge in [0.25, 0.3) is 5.91 Å². The van der Waals surface area contributed by atoms with Crippen LogP contribution in [0.15, 0.2) is 54.6 Å². The van der Waals surface area contributed by atoms with Crippen molar-refractivity contribution in [2.24, 2.45) is 5.73 Å². The number of para-hydroxylation sites is 1. The zero-order valence-electron chi connectivity index (χ0n) is 19.3. The molecule has 1 atom stereocenters. The van der Waals surface area contributed by atoms with Crippen molar-refractivity contribution < 1.29 is 19.2 Å². The molecule has 2 aliphatic rings. The fourth-order valence-corrected chi connectivity index (χ4v) is 5.08. The van der Waals surface area contributed by atoms with E-state index in [0.29, 0.717) is 37.4 Å².